The zero-order chi connectivity index (χ0) is 15.1. The Morgan fingerprint density at radius 3 is 2.65 bits per heavy atom. The van der Waals surface area contributed by atoms with E-state index in [1.165, 1.54) is 18.5 Å². The highest BCUT2D eigenvalue weighted by Crippen LogP contribution is 2.11. The molecule has 7 nitrogen and oxygen atoms in total. The summed E-state index contributed by atoms with van der Waals surface area (Å²) >= 11 is 0. The number of nitrogens with two attached hydrogens (primary N) is 1. The molecular weight excluding hydrogens is 258 g/mol. The second-order valence-electron chi connectivity index (χ2n) is 4.90. The second kappa shape index (κ2) is 7.44. The highest BCUT2D eigenvalue weighted by Gasteiger charge is 2.18. The van der Waals surface area contributed by atoms with E-state index in [9.17, 15) is 9.59 Å². The van der Waals surface area contributed by atoms with Crippen molar-refractivity contribution in [1.82, 2.24) is 15.6 Å². The van der Waals surface area contributed by atoms with Gasteiger partial charge in [0.2, 0.25) is 5.91 Å². The summed E-state index contributed by atoms with van der Waals surface area (Å²) in [6.45, 7) is 6.20. The minimum Gasteiger partial charge on any atom is -0.354 e. The van der Waals surface area contributed by atoms with Crippen LogP contribution in [0, 0.1) is 5.92 Å². The van der Waals surface area contributed by atoms with Crippen LogP contribution in [0.3, 0.4) is 0 Å². The van der Waals surface area contributed by atoms with Crippen molar-refractivity contribution in [3.8, 4) is 0 Å². The summed E-state index contributed by atoms with van der Waals surface area (Å²) < 4.78 is 0. The van der Waals surface area contributed by atoms with Gasteiger partial charge in [0.25, 0.3) is 5.91 Å². The van der Waals surface area contributed by atoms with Crippen LogP contribution in [0.5, 0.6) is 0 Å². The van der Waals surface area contributed by atoms with Gasteiger partial charge < -0.3 is 16.1 Å². The number of nitrogens with zero attached hydrogens (tertiary/aromatic N) is 1. The lowest BCUT2D eigenvalue weighted by Gasteiger charge is -2.16. The van der Waals surface area contributed by atoms with Crippen molar-refractivity contribution in [3.63, 3.8) is 0 Å². The van der Waals surface area contributed by atoms with E-state index in [0.717, 1.165) is 0 Å². The predicted molar refractivity (Wildman–Crippen MR) is 76.8 cm³/mol. The van der Waals surface area contributed by atoms with E-state index in [0.29, 0.717) is 23.7 Å². The number of aromatic nitrogens is 1. The molecule has 5 N–H and O–H groups in total. The zero-order valence-electron chi connectivity index (χ0n) is 11.9. The fourth-order valence-corrected chi connectivity index (χ4v) is 1.51. The molecule has 0 aromatic carbocycles. The maximum absolute atomic E-state index is 12.1. The van der Waals surface area contributed by atoms with Gasteiger partial charge in [-0.2, -0.15) is 0 Å². The van der Waals surface area contributed by atoms with Gasteiger partial charge in [-0.15, -0.1) is 0 Å². The Labute approximate surface area is 118 Å². The molecule has 7 heteroatoms. The largest absolute Gasteiger partial charge is 0.354 e. The smallest absolute Gasteiger partial charge is 0.254 e. The minimum absolute atomic E-state index is 0.219. The lowest BCUT2D eigenvalue weighted by atomic mass is 10.2. The van der Waals surface area contributed by atoms with Crippen LogP contribution in [-0.4, -0.2) is 29.4 Å². The van der Waals surface area contributed by atoms with E-state index >= 15 is 0 Å². The standard InChI is InChI=1S/C13H21N5O2/c1-8(2)6-16-12(19)9(3)17-13(20)10-4-5-15-7-11(10)18-14/h4-5,7-9,18H,6,14H2,1-3H3,(H,16,19)(H,17,20). The van der Waals surface area contributed by atoms with Gasteiger partial charge >= 0.3 is 0 Å². The first kappa shape index (κ1) is 15.9. The molecule has 0 aliphatic heterocycles. The molecule has 1 atom stereocenters. The van der Waals surface area contributed by atoms with Crippen molar-refractivity contribution in [2.45, 2.75) is 26.8 Å². The minimum atomic E-state index is -0.625. The van der Waals surface area contributed by atoms with E-state index in [1.807, 2.05) is 13.8 Å². The molecule has 1 heterocycles. The number of hydrogen-bond donors (Lipinski definition) is 4. The third-order valence-corrected chi connectivity index (χ3v) is 2.65. The molecular formula is C13H21N5O2. The van der Waals surface area contributed by atoms with Gasteiger partial charge in [-0.3, -0.25) is 20.4 Å². The Morgan fingerprint density at radius 2 is 2.05 bits per heavy atom. The normalized spacial score (nSPS) is 11.8. The highest BCUT2D eigenvalue weighted by molar-refractivity contribution is 6.01. The SMILES string of the molecule is CC(C)CNC(=O)C(C)NC(=O)c1ccncc1NN. The van der Waals surface area contributed by atoms with Crippen LogP contribution in [0.2, 0.25) is 0 Å². The molecule has 1 aromatic heterocycles. The third kappa shape index (κ3) is 4.51. The molecule has 1 unspecified atom stereocenters. The van der Waals surface area contributed by atoms with Gasteiger partial charge in [-0.25, -0.2) is 0 Å². The Hall–Kier alpha value is -2.15. The molecule has 1 rings (SSSR count). The molecule has 2 amide bonds. The number of carbonyl (C=O) groups excluding carboxylic acids is 2. The first-order valence-electron chi connectivity index (χ1n) is 6.45. The summed E-state index contributed by atoms with van der Waals surface area (Å²) in [5.74, 6) is 5.07. The van der Waals surface area contributed by atoms with E-state index in [-0.39, 0.29) is 11.8 Å². The van der Waals surface area contributed by atoms with Crippen LogP contribution in [0.1, 0.15) is 31.1 Å². The van der Waals surface area contributed by atoms with Crippen LogP contribution < -0.4 is 21.9 Å². The zero-order valence-corrected chi connectivity index (χ0v) is 11.9. The quantitative estimate of drug-likeness (QED) is 0.441. The van der Waals surface area contributed by atoms with Gasteiger partial charge in [-0.1, -0.05) is 13.8 Å². The molecule has 0 saturated carbocycles. The summed E-state index contributed by atoms with van der Waals surface area (Å²) in [6, 6.07) is 0.906. The van der Waals surface area contributed by atoms with Crippen molar-refractivity contribution in [3.05, 3.63) is 24.0 Å². The molecule has 0 aliphatic carbocycles. The van der Waals surface area contributed by atoms with Gasteiger partial charge in [-0.05, 0) is 18.9 Å². The third-order valence-electron chi connectivity index (χ3n) is 2.65. The van der Waals surface area contributed by atoms with E-state index in [4.69, 9.17) is 5.84 Å². The van der Waals surface area contributed by atoms with Gasteiger partial charge in [0.05, 0.1) is 17.4 Å². The second-order valence-corrected chi connectivity index (χ2v) is 4.90. The van der Waals surface area contributed by atoms with Crippen molar-refractivity contribution < 1.29 is 9.59 Å². The van der Waals surface area contributed by atoms with Crippen molar-refractivity contribution in [2.24, 2.45) is 11.8 Å². The lowest BCUT2D eigenvalue weighted by molar-refractivity contribution is -0.122. The molecule has 20 heavy (non-hydrogen) atoms. The molecule has 1 aromatic rings. The van der Waals surface area contributed by atoms with E-state index in [2.05, 4.69) is 21.0 Å². The highest BCUT2D eigenvalue weighted by atomic mass is 16.2. The first-order chi connectivity index (χ1) is 9.45. The average Bonchev–Trinajstić information content (AvgIpc) is 2.44. The van der Waals surface area contributed by atoms with Crippen LogP contribution in [-0.2, 0) is 4.79 Å². The van der Waals surface area contributed by atoms with Crippen LogP contribution in [0.15, 0.2) is 18.5 Å². The molecule has 0 saturated heterocycles. The number of rotatable bonds is 6. The summed E-state index contributed by atoms with van der Waals surface area (Å²) in [7, 11) is 0. The number of anilines is 1. The molecule has 110 valence electrons. The molecule has 0 aliphatic rings. The Bertz CT molecular complexity index is 476. The van der Waals surface area contributed by atoms with E-state index < -0.39 is 6.04 Å². The number of hydrogen-bond acceptors (Lipinski definition) is 5. The number of pyridine rings is 1. The molecule has 0 bridgehead atoms. The fraction of sp³-hybridized carbons (Fsp3) is 0.462. The van der Waals surface area contributed by atoms with Crippen molar-refractivity contribution in [1.29, 1.82) is 0 Å². The molecule has 0 spiro atoms. The number of nitrogens with one attached hydrogen (secondary N) is 3. The Morgan fingerprint density at radius 1 is 1.35 bits per heavy atom. The average molecular weight is 279 g/mol. The van der Waals surface area contributed by atoms with E-state index in [1.54, 1.807) is 6.92 Å². The number of hydrazine groups is 1. The first-order valence-corrected chi connectivity index (χ1v) is 6.45. The molecule has 0 fully saturated rings. The van der Waals surface area contributed by atoms with Gasteiger partial charge in [0.15, 0.2) is 0 Å². The summed E-state index contributed by atoms with van der Waals surface area (Å²) in [5, 5.41) is 5.38. The van der Waals surface area contributed by atoms with Gasteiger partial charge in [0.1, 0.15) is 6.04 Å². The topological polar surface area (TPSA) is 109 Å². The van der Waals surface area contributed by atoms with Crippen molar-refractivity contribution >= 4 is 17.5 Å². The summed E-state index contributed by atoms with van der Waals surface area (Å²) in [4.78, 5) is 27.7. The van der Waals surface area contributed by atoms with Crippen LogP contribution >= 0.6 is 0 Å². The number of nitrogen functional groups attached to an aromatic ring is 1. The fourth-order valence-electron chi connectivity index (χ4n) is 1.51. The lowest BCUT2D eigenvalue weighted by Crippen LogP contribution is -2.45. The Kier molecular flexibility index (Phi) is 5.92. The van der Waals surface area contributed by atoms with Crippen LogP contribution in [0.4, 0.5) is 5.69 Å². The maximum Gasteiger partial charge on any atom is 0.254 e. The number of carbonyl (C=O) groups is 2. The van der Waals surface area contributed by atoms with Crippen LogP contribution in [0.25, 0.3) is 0 Å². The monoisotopic (exact) mass is 279 g/mol. The molecule has 0 radical (unpaired) electrons. The van der Waals surface area contributed by atoms with Crippen molar-refractivity contribution in [2.75, 3.05) is 12.0 Å². The van der Waals surface area contributed by atoms with Gasteiger partial charge in [0, 0.05) is 12.7 Å². The maximum atomic E-state index is 12.1. The number of amides is 2. The summed E-state index contributed by atoms with van der Waals surface area (Å²) in [6.07, 6.45) is 2.93. The Balaban J connectivity index is 2.63. The predicted octanol–water partition coefficient (Wildman–Crippen LogP) is 0.258. The summed E-state index contributed by atoms with van der Waals surface area (Å²) in [5.41, 5.74) is 3.14.